The summed E-state index contributed by atoms with van der Waals surface area (Å²) in [6.07, 6.45) is 8.85. The van der Waals surface area contributed by atoms with Gasteiger partial charge in [0.15, 0.2) is 5.69 Å². The smallest absolute Gasteiger partial charge is 0.360 e. The number of aromatic nitrogens is 3. The molecule has 0 spiro atoms. The average Bonchev–Trinajstić information content (AvgIpc) is 2.79. The van der Waals surface area contributed by atoms with Crippen LogP contribution in [0, 0.1) is 6.92 Å². The van der Waals surface area contributed by atoms with Crippen LogP contribution in [0.15, 0.2) is 0 Å². The van der Waals surface area contributed by atoms with Crippen LogP contribution in [-0.4, -0.2) is 27.6 Å². The Morgan fingerprint density at radius 2 is 1.75 bits per heavy atom. The molecule has 0 saturated heterocycles. The van der Waals surface area contributed by atoms with Gasteiger partial charge in [-0.25, -0.2) is 9.48 Å². The van der Waals surface area contributed by atoms with Gasteiger partial charge in [-0.1, -0.05) is 50.7 Å². The number of carbonyl (C=O) groups is 1. The average molecular weight is 281 g/mol. The molecule has 0 saturated carbocycles. The van der Waals surface area contributed by atoms with Crippen LogP contribution < -0.4 is 0 Å². The summed E-state index contributed by atoms with van der Waals surface area (Å²) in [7, 11) is 0. The topological polar surface area (TPSA) is 57.0 Å². The zero-order valence-corrected chi connectivity index (χ0v) is 13.0. The highest BCUT2D eigenvalue weighted by molar-refractivity contribution is 5.88. The van der Waals surface area contributed by atoms with Gasteiger partial charge in [0.2, 0.25) is 0 Å². The summed E-state index contributed by atoms with van der Waals surface area (Å²) in [6, 6.07) is 0. The fraction of sp³-hybridized carbons (Fsp3) is 0.800. The van der Waals surface area contributed by atoms with Crippen LogP contribution >= 0.6 is 0 Å². The van der Waals surface area contributed by atoms with Crippen LogP contribution in [0.4, 0.5) is 0 Å². The number of hydrogen-bond acceptors (Lipinski definition) is 4. The number of hydrogen-bond donors (Lipinski definition) is 0. The number of aryl methyl sites for hydroxylation is 1. The quantitative estimate of drug-likeness (QED) is 0.486. The Morgan fingerprint density at radius 1 is 1.10 bits per heavy atom. The van der Waals surface area contributed by atoms with E-state index >= 15 is 0 Å². The summed E-state index contributed by atoms with van der Waals surface area (Å²) in [6.45, 7) is 7.08. The van der Waals surface area contributed by atoms with Crippen LogP contribution in [0.3, 0.4) is 0 Å². The second-order valence-electron chi connectivity index (χ2n) is 5.09. The van der Waals surface area contributed by atoms with Crippen molar-refractivity contribution in [3.63, 3.8) is 0 Å². The van der Waals surface area contributed by atoms with Crippen molar-refractivity contribution in [1.82, 2.24) is 15.0 Å². The monoisotopic (exact) mass is 281 g/mol. The molecule has 0 aliphatic heterocycles. The molecule has 0 radical (unpaired) electrons. The number of unbranched alkanes of at least 4 members (excludes halogenated alkanes) is 6. The van der Waals surface area contributed by atoms with E-state index in [9.17, 15) is 4.79 Å². The highest BCUT2D eigenvalue weighted by Gasteiger charge is 2.16. The van der Waals surface area contributed by atoms with Gasteiger partial charge in [0.25, 0.3) is 0 Å². The summed E-state index contributed by atoms with van der Waals surface area (Å²) in [5, 5.41) is 7.94. The summed E-state index contributed by atoms with van der Waals surface area (Å²) >= 11 is 0. The van der Waals surface area contributed by atoms with Crippen molar-refractivity contribution in [3.05, 3.63) is 11.4 Å². The summed E-state index contributed by atoms with van der Waals surface area (Å²) < 4.78 is 6.75. The Kier molecular flexibility index (Phi) is 7.92. The molecule has 0 aliphatic carbocycles. The molecular weight excluding hydrogens is 254 g/mol. The molecule has 0 aliphatic rings. The number of rotatable bonds is 10. The lowest BCUT2D eigenvalue weighted by Crippen LogP contribution is -2.08. The predicted molar refractivity (Wildman–Crippen MR) is 78.7 cm³/mol. The third-order valence-corrected chi connectivity index (χ3v) is 3.42. The molecule has 1 aromatic heterocycles. The van der Waals surface area contributed by atoms with Gasteiger partial charge < -0.3 is 4.74 Å². The van der Waals surface area contributed by atoms with E-state index in [1.807, 2.05) is 6.92 Å². The van der Waals surface area contributed by atoms with E-state index in [1.54, 1.807) is 11.6 Å². The Bertz CT molecular complexity index is 402. The van der Waals surface area contributed by atoms with E-state index in [1.165, 1.54) is 38.5 Å². The molecule has 0 atom stereocenters. The molecule has 0 aromatic carbocycles. The number of ether oxygens (including phenoxy) is 1. The molecule has 1 heterocycles. The standard InChI is InChI=1S/C15H27N3O2/c1-4-6-7-8-9-10-11-12-18-13(3)14(16-17-18)15(19)20-5-2/h4-12H2,1-3H3. The molecule has 0 fully saturated rings. The lowest BCUT2D eigenvalue weighted by Gasteiger charge is -2.04. The van der Waals surface area contributed by atoms with Crippen molar-refractivity contribution in [2.75, 3.05) is 6.61 Å². The number of nitrogens with zero attached hydrogens (tertiary/aromatic N) is 3. The highest BCUT2D eigenvalue weighted by atomic mass is 16.5. The van der Waals surface area contributed by atoms with Crippen LogP contribution in [0.2, 0.25) is 0 Å². The van der Waals surface area contributed by atoms with E-state index in [0.717, 1.165) is 18.7 Å². The van der Waals surface area contributed by atoms with Crippen molar-refractivity contribution in [2.24, 2.45) is 0 Å². The van der Waals surface area contributed by atoms with Crippen LogP contribution in [0.1, 0.15) is 75.0 Å². The van der Waals surface area contributed by atoms with Crippen LogP contribution in [0.5, 0.6) is 0 Å². The van der Waals surface area contributed by atoms with E-state index in [-0.39, 0.29) is 5.97 Å². The van der Waals surface area contributed by atoms with E-state index in [2.05, 4.69) is 17.2 Å². The summed E-state index contributed by atoms with van der Waals surface area (Å²) in [5.74, 6) is -0.379. The Labute approximate surface area is 121 Å². The van der Waals surface area contributed by atoms with Crippen LogP contribution in [0.25, 0.3) is 0 Å². The largest absolute Gasteiger partial charge is 0.461 e. The first-order valence-electron chi connectivity index (χ1n) is 7.77. The van der Waals surface area contributed by atoms with Gasteiger partial charge in [-0.15, -0.1) is 5.10 Å². The maximum Gasteiger partial charge on any atom is 0.360 e. The Balaban J connectivity index is 2.29. The molecule has 1 aromatic rings. The predicted octanol–water partition coefficient (Wildman–Crippen LogP) is 3.51. The van der Waals surface area contributed by atoms with E-state index in [4.69, 9.17) is 4.74 Å². The molecule has 114 valence electrons. The first-order chi connectivity index (χ1) is 9.70. The SMILES string of the molecule is CCCCCCCCCn1nnc(C(=O)OCC)c1C. The first kappa shape index (κ1) is 16.7. The lowest BCUT2D eigenvalue weighted by molar-refractivity contribution is 0.0518. The van der Waals surface area contributed by atoms with Gasteiger partial charge in [-0.3, -0.25) is 0 Å². The number of esters is 1. The third kappa shape index (κ3) is 5.31. The Morgan fingerprint density at radius 3 is 2.40 bits per heavy atom. The fourth-order valence-electron chi connectivity index (χ4n) is 2.18. The number of carbonyl (C=O) groups excluding carboxylic acids is 1. The highest BCUT2D eigenvalue weighted by Crippen LogP contribution is 2.10. The van der Waals surface area contributed by atoms with Gasteiger partial charge in [0.1, 0.15) is 0 Å². The molecule has 20 heavy (non-hydrogen) atoms. The fourth-order valence-corrected chi connectivity index (χ4v) is 2.18. The minimum Gasteiger partial charge on any atom is -0.461 e. The first-order valence-corrected chi connectivity index (χ1v) is 7.77. The van der Waals surface area contributed by atoms with Gasteiger partial charge in [-0.05, 0) is 20.3 Å². The maximum atomic E-state index is 11.6. The van der Waals surface area contributed by atoms with Crippen molar-refractivity contribution < 1.29 is 9.53 Å². The molecule has 5 heteroatoms. The van der Waals surface area contributed by atoms with Gasteiger partial charge in [0.05, 0.1) is 12.3 Å². The molecule has 5 nitrogen and oxygen atoms in total. The molecule has 0 N–H and O–H groups in total. The van der Waals surface area contributed by atoms with Crippen molar-refractivity contribution >= 4 is 5.97 Å². The van der Waals surface area contributed by atoms with Crippen molar-refractivity contribution in [2.45, 2.75) is 72.3 Å². The molecule has 0 amide bonds. The summed E-state index contributed by atoms with van der Waals surface area (Å²) in [5.41, 5.74) is 1.14. The minimum atomic E-state index is -0.379. The van der Waals surface area contributed by atoms with Crippen molar-refractivity contribution in [3.8, 4) is 0 Å². The zero-order chi connectivity index (χ0) is 14.8. The maximum absolute atomic E-state index is 11.6. The normalized spacial score (nSPS) is 10.8. The lowest BCUT2D eigenvalue weighted by atomic mass is 10.1. The van der Waals surface area contributed by atoms with Gasteiger partial charge >= 0.3 is 5.97 Å². The molecule has 0 bridgehead atoms. The van der Waals surface area contributed by atoms with Crippen molar-refractivity contribution in [1.29, 1.82) is 0 Å². The second-order valence-corrected chi connectivity index (χ2v) is 5.09. The molecular formula is C15H27N3O2. The van der Waals surface area contributed by atoms with Gasteiger partial charge in [0, 0.05) is 6.54 Å². The van der Waals surface area contributed by atoms with Gasteiger partial charge in [-0.2, -0.15) is 0 Å². The third-order valence-electron chi connectivity index (χ3n) is 3.42. The van der Waals surface area contributed by atoms with Crippen LogP contribution in [-0.2, 0) is 11.3 Å². The minimum absolute atomic E-state index is 0.342. The second kappa shape index (κ2) is 9.50. The Hall–Kier alpha value is -1.39. The zero-order valence-electron chi connectivity index (χ0n) is 13.0. The molecule has 0 unspecified atom stereocenters. The molecule has 1 rings (SSSR count). The van der Waals surface area contributed by atoms with E-state index in [0.29, 0.717) is 12.3 Å². The summed E-state index contributed by atoms with van der Waals surface area (Å²) in [4.78, 5) is 11.6. The van der Waals surface area contributed by atoms with E-state index < -0.39 is 0 Å².